The van der Waals surface area contributed by atoms with Crippen molar-refractivity contribution in [2.75, 3.05) is 7.11 Å². The average Bonchev–Trinajstić information content (AvgIpc) is 2.07. The molecule has 0 saturated heterocycles. The Morgan fingerprint density at radius 2 is 2.45 bits per heavy atom. The van der Waals surface area contributed by atoms with E-state index in [-0.39, 0.29) is 0 Å². The Morgan fingerprint density at radius 1 is 1.64 bits per heavy atom. The van der Waals surface area contributed by atoms with Gasteiger partial charge in [-0.2, -0.15) is 0 Å². The number of rotatable bonds is 2. The summed E-state index contributed by atoms with van der Waals surface area (Å²) in [7, 11) is 1.53. The van der Waals surface area contributed by atoms with Gasteiger partial charge in [-0.25, -0.2) is 0 Å². The molecule has 0 amide bonds. The molecule has 0 aromatic carbocycles. The first-order valence-corrected chi connectivity index (χ1v) is 3.32. The van der Waals surface area contributed by atoms with E-state index in [2.05, 4.69) is 15.0 Å². The normalized spacial score (nSPS) is 11.3. The van der Waals surface area contributed by atoms with Gasteiger partial charge in [-0.15, -0.1) is 0 Å². The minimum absolute atomic E-state index is 0.834. The van der Waals surface area contributed by atoms with Crippen LogP contribution >= 0.6 is 0 Å². The molecule has 1 aromatic rings. The summed E-state index contributed by atoms with van der Waals surface area (Å²) >= 11 is 0. The van der Waals surface area contributed by atoms with Gasteiger partial charge < -0.3 is 4.84 Å². The maximum absolute atomic E-state index is 4.62. The van der Waals surface area contributed by atoms with Crippen molar-refractivity contribution in [2.45, 2.75) is 6.92 Å². The quantitative estimate of drug-likeness (QED) is 0.472. The fourth-order valence-corrected chi connectivity index (χ4v) is 0.766. The number of hydrogen-bond donors (Lipinski definition) is 0. The molecular weight excluding hydrogens is 140 g/mol. The average molecular weight is 150 g/mol. The molecule has 1 rings (SSSR count). The second-order valence-corrected chi connectivity index (χ2v) is 2.10. The minimum Gasteiger partial charge on any atom is -0.399 e. The van der Waals surface area contributed by atoms with Crippen molar-refractivity contribution in [3.8, 4) is 0 Å². The van der Waals surface area contributed by atoms with Gasteiger partial charge in [0.2, 0.25) is 0 Å². The van der Waals surface area contributed by atoms with Crippen LogP contribution in [0.1, 0.15) is 12.5 Å². The zero-order chi connectivity index (χ0) is 8.10. The maximum atomic E-state index is 4.62. The van der Waals surface area contributed by atoms with Gasteiger partial charge in [0, 0.05) is 18.0 Å². The van der Waals surface area contributed by atoms with Crippen LogP contribution in [-0.2, 0) is 4.84 Å². The summed E-state index contributed by atoms with van der Waals surface area (Å²) in [4.78, 5) is 8.57. The molecule has 0 fully saturated rings. The third kappa shape index (κ3) is 2.04. The number of pyridine rings is 1. The van der Waals surface area contributed by atoms with Gasteiger partial charge in [-0.3, -0.25) is 4.98 Å². The summed E-state index contributed by atoms with van der Waals surface area (Å²) in [6, 6.07) is 3.80. The lowest BCUT2D eigenvalue weighted by molar-refractivity contribution is 0.213. The summed E-state index contributed by atoms with van der Waals surface area (Å²) in [6.07, 6.45) is 3.47. The molecule has 0 N–H and O–H groups in total. The van der Waals surface area contributed by atoms with E-state index in [0.717, 1.165) is 11.3 Å². The monoisotopic (exact) mass is 150 g/mol. The molecule has 0 atom stereocenters. The first-order chi connectivity index (χ1) is 5.34. The molecule has 0 aliphatic carbocycles. The smallest absolute Gasteiger partial charge is 0.106 e. The van der Waals surface area contributed by atoms with E-state index in [1.54, 1.807) is 12.4 Å². The summed E-state index contributed by atoms with van der Waals surface area (Å²) in [5.41, 5.74) is 1.81. The third-order valence-corrected chi connectivity index (χ3v) is 1.31. The Hall–Kier alpha value is -1.38. The number of oxime groups is 1. The lowest BCUT2D eigenvalue weighted by atomic mass is 10.2. The van der Waals surface area contributed by atoms with Gasteiger partial charge >= 0.3 is 0 Å². The third-order valence-electron chi connectivity index (χ3n) is 1.31. The van der Waals surface area contributed by atoms with E-state index in [1.807, 2.05) is 19.1 Å². The van der Waals surface area contributed by atoms with Crippen LogP contribution in [0.4, 0.5) is 0 Å². The van der Waals surface area contributed by atoms with Crippen LogP contribution in [0.5, 0.6) is 0 Å². The molecule has 0 saturated carbocycles. The fourth-order valence-electron chi connectivity index (χ4n) is 0.766. The second kappa shape index (κ2) is 3.71. The van der Waals surface area contributed by atoms with Crippen molar-refractivity contribution in [1.29, 1.82) is 0 Å². The first-order valence-electron chi connectivity index (χ1n) is 3.32. The van der Waals surface area contributed by atoms with Crippen molar-refractivity contribution in [1.82, 2.24) is 4.98 Å². The van der Waals surface area contributed by atoms with Gasteiger partial charge in [0.1, 0.15) is 7.11 Å². The molecular formula is C8H10N2O. The van der Waals surface area contributed by atoms with Crippen LogP contribution in [0, 0.1) is 0 Å². The van der Waals surface area contributed by atoms with Crippen molar-refractivity contribution in [3.05, 3.63) is 30.1 Å². The molecule has 0 spiro atoms. The number of nitrogens with zero attached hydrogens (tertiary/aromatic N) is 2. The molecule has 0 unspecified atom stereocenters. The zero-order valence-electron chi connectivity index (χ0n) is 6.61. The summed E-state index contributed by atoms with van der Waals surface area (Å²) in [5.74, 6) is 0. The predicted molar refractivity (Wildman–Crippen MR) is 43.5 cm³/mol. The van der Waals surface area contributed by atoms with Crippen molar-refractivity contribution in [2.24, 2.45) is 5.16 Å². The van der Waals surface area contributed by atoms with E-state index in [0.29, 0.717) is 0 Å². The highest BCUT2D eigenvalue weighted by Gasteiger charge is 1.94. The molecule has 0 aliphatic heterocycles. The molecule has 1 heterocycles. The maximum Gasteiger partial charge on any atom is 0.106 e. The van der Waals surface area contributed by atoms with Gasteiger partial charge in [0.05, 0.1) is 5.71 Å². The Balaban J connectivity index is 2.85. The summed E-state index contributed by atoms with van der Waals surface area (Å²) in [6.45, 7) is 1.88. The Kier molecular flexibility index (Phi) is 2.60. The standard InChI is InChI=1S/C8H10N2O/c1-7(10-11-2)8-4-3-5-9-6-8/h3-6H,1-2H3/b10-7-. The second-order valence-electron chi connectivity index (χ2n) is 2.10. The summed E-state index contributed by atoms with van der Waals surface area (Å²) in [5, 5.41) is 3.77. The largest absolute Gasteiger partial charge is 0.399 e. The van der Waals surface area contributed by atoms with Crippen molar-refractivity contribution < 1.29 is 4.84 Å². The van der Waals surface area contributed by atoms with Gasteiger partial charge in [-0.1, -0.05) is 5.16 Å². The molecule has 0 bridgehead atoms. The van der Waals surface area contributed by atoms with Crippen LogP contribution in [0.15, 0.2) is 29.7 Å². The number of hydrogen-bond acceptors (Lipinski definition) is 3. The van der Waals surface area contributed by atoms with Gasteiger partial charge in [0.15, 0.2) is 0 Å². The Morgan fingerprint density at radius 3 is 3.00 bits per heavy atom. The van der Waals surface area contributed by atoms with E-state index in [4.69, 9.17) is 0 Å². The first kappa shape index (κ1) is 7.72. The van der Waals surface area contributed by atoms with E-state index in [1.165, 1.54) is 7.11 Å². The van der Waals surface area contributed by atoms with Crippen LogP contribution in [0.2, 0.25) is 0 Å². The van der Waals surface area contributed by atoms with E-state index in [9.17, 15) is 0 Å². The highest BCUT2D eigenvalue weighted by atomic mass is 16.6. The Labute approximate surface area is 65.7 Å². The van der Waals surface area contributed by atoms with Gasteiger partial charge in [0.25, 0.3) is 0 Å². The Bertz CT molecular complexity index is 244. The van der Waals surface area contributed by atoms with E-state index >= 15 is 0 Å². The molecule has 1 aromatic heterocycles. The molecule has 0 aliphatic rings. The van der Waals surface area contributed by atoms with Crippen LogP contribution in [0.3, 0.4) is 0 Å². The lowest BCUT2D eigenvalue weighted by Crippen LogP contribution is -1.94. The predicted octanol–water partition coefficient (Wildman–Crippen LogP) is 1.45. The highest BCUT2D eigenvalue weighted by molar-refractivity contribution is 5.97. The number of aromatic nitrogens is 1. The lowest BCUT2D eigenvalue weighted by Gasteiger charge is -1.96. The fraction of sp³-hybridized carbons (Fsp3) is 0.250. The van der Waals surface area contributed by atoms with Crippen molar-refractivity contribution >= 4 is 5.71 Å². The van der Waals surface area contributed by atoms with Gasteiger partial charge in [-0.05, 0) is 19.1 Å². The van der Waals surface area contributed by atoms with Crippen LogP contribution in [-0.4, -0.2) is 17.8 Å². The molecule has 11 heavy (non-hydrogen) atoms. The molecule has 3 heteroatoms. The topological polar surface area (TPSA) is 34.5 Å². The highest BCUT2D eigenvalue weighted by Crippen LogP contribution is 1.97. The summed E-state index contributed by atoms with van der Waals surface area (Å²) < 4.78 is 0. The van der Waals surface area contributed by atoms with Crippen LogP contribution < -0.4 is 0 Å². The zero-order valence-corrected chi connectivity index (χ0v) is 6.61. The SMILES string of the molecule is CO/N=C(/C)c1cccnc1. The molecule has 0 radical (unpaired) electrons. The van der Waals surface area contributed by atoms with Crippen molar-refractivity contribution in [3.63, 3.8) is 0 Å². The van der Waals surface area contributed by atoms with E-state index < -0.39 is 0 Å². The molecule has 58 valence electrons. The van der Waals surface area contributed by atoms with Crippen LogP contribution in [0.25, 0.3) is 0 Å². The minimum atomic E-state index is 0.834. The molecule has 3 nitrogen and oxygen atoms in total.